The molecular weight excluding hydrogens is 330 g/mol. The van der Waals surface area contributed by atoms with Crippen LogP contribution < -0.4 is 4.74 Å². The van der Waals surface area contributed by atoms with Crippen LogP contribution in [0.1, 0.15) is 51.9 Å². The summed E-state index contributed by atoms with van der Waals surface area (Å²) < 4.78 is 5.23. The highest BCUT2D eigenvalue weighted by atomic mass is 32.1. The highest BCUT2D eigenvalue weighted by Crippen LogP contribution is 2.35. The second-order valence-corrected chi connectivity index (χ2v) is 8.56. The third-order valence-corrected chi connectivity index (χ3v) is 6.53. The van der Waals surface area contributed by atoms with Gasteiger partial charge >= 0.3 is 0 Å². The molecule has 0 spiro atoms. The van der Waals surface area contributed by atoms with Gasteiger partial charge in [0, 0.05) is 17.5 Å². The fourth-order valence-electron chi connectivity index (χ4n) is 3.63. The summed E-state index contributed by atoms with van der Waals surface area (Å²) in [6, 6.07) is 10.6. The molecule has 1 aromatic heterocycles. The molecule has 0 saturated heterocycles. The maximum Gasteiger partial charge on any atom is 0.264 e. The fraction of sp³-hybridized carbons (Fsp3) is 0.476. The second-order valence-electron chi connectivity index (χ2n) is 7.42. The van der Waals surface area contributed by atoms with E-state index in [-0.39, 0.29) is 5.91 Å². The van der Waals surface area contributed by atoms with Crippen molar-refractivity contribution in [3.05, 3.63) is 51.2 Å². The lowest BCUT2D eigenvalue weighted by Gasteiger charge is -2.22. The normalized spacial score (nSPS) is 19.4. The molecule has 1 amide bonds. The average Bonchev–Trinajstić information content (AvgIpc) is 3.38. The quantitative estimate of drug-likeness (QED) is 0.779. The van der Waals surface area contributed by atoms with Crippen molar-refractivity contribution < 1.29 is 9.53 Å². The number of nitrogens with zero attached hydrogens (tertiary/aromatic N) is 1. The highest BCUT2D eigenvalue weighted by Gasteiger charge is 2.34. The van der Waals surface area contributed by atoms with Gasteiger partial charge in [-0.2, -0.15) is 0 Å². The lowest BCUT2D eigenvalue weighted by Crippen LogP contribution is -2.32. The van der Waals surface area contributed by atoms with Crippen molar-refractivity contribution in [1.29, 1.82) is 0 Å². The third-order valence-electron chi connectivity index (χ3n) is 5.30. The molecule has 1 unspecified atom stereocenters. The van der Waals surface area contributed by atoms with Crippen LogP contribution in [-0.4, -0.2) is 24.0 Å². The van der Waals surface area contributed by atoms with Crippen LogP contribution in [0.3, 0.4) is 0 Å². The molecule has 0 bridgehead atoms. The topological polar surface area (TPSA) is 29.5 Å². The molecule has 1 aromatic carbocycles. The summed E-state index contributed by atoms with van der Waals surface area (Å²) in [5.41, 5.74) is 2.57. The molecule has 2 aromatic rings. The van der Waals surface area contributed by atoms with Gasteiger partial charge in [0.2, 0.25) is 0 Å². The Morgan fingerprint density at radius 2 is 2.00 bits per heavy atom. The van der Waals surface area contributed by atoms with Gasteiger partial charge in [-0.25, -0.2) is 0 Å². The number of rotatable bonds is 5. The molecule has 2 aliphatic rings. The predicted octanol–water partition coefficient (Wildman–Crippen LogP) is 4.69. The first-order valence-electron chi connectivity index (χ1n) is 9.19. The Morgan fingerprint density at radius 3 is 2.68 bits per heavy atom. The molecule has 1 saturated carbocycles. The van der Waals surface area contributed by atoms with Gasteiger partial charge < -0.3 is 9.64 Å². The number of fused-ring (bicyclic) bond motifs is 1. The molecule has 132 valence electrons. The van der Waals surface area contributed by atoms with E-state index in [2.05, 4.69) is 30.0 Å². The van der Waals surface area contributed by atoms with Crippen molar-refractivity contribution in [3.63, 3.8) is 0 Å². The molecule has 1 heterocycles. The first kappa shape index (κ1) is 16.6. The standard InChI is InChI=1S/C21H25NO2S/c1-14-3-10-19-16(11-14)12-20(25-19)21(23)22(17-6-7-17)13-15-4-8-18(24-2)9-5-15/h4-5,8-9,12,14,17H,3,6-7,10-11,13H2,1-2H3. The van der Waals surface area contributed by atoms with Crippen molar-refractivity contribution in [3.8, 4) is 5.75 Å². The first-order chi connectivity index (χ1) is 12.1. The minimum absolute atomic E-state index is 0.213. The number of methoxy groups -OCH3 is 1. The Bertz CT molecular complexity index is 761. The minimum atomic E-state index is 0.213. The number of hydrogen-bond acceptors (Lipinski definition) is 3. The Balaban J connectivity index is 1.53. The van der Waals surface area contributed by atoms with Crippen LogP contribution in [0.5, 0.6) is 5.75 Å². The molecule has 0 radical (unpaired) electrons. The van der Waals surface area contributed by atoms with Gasteiger partial charge in [-0.1, -0.05) is 19.1 Å². The number of benzene rings is 1. The van der Waals surface area contributed by atoms with Gasteiger partial charge in [0.1, 0.15) is 5.75 Å². The predicted molar refractivity (Wildman–Crippen MR) is 101 cm³/mol. The Kier molecular flexibility index (Phi) is 4.55. The smallest absolute Gasteiger partial charge is 0.264 e. The number of ether oxygens (including phenoxy) is 1. The van der Waals surface area contributed by atoms with E-state index < -0.39 is 0 Å². The molecule has 3 nitrogen and oxygen atoms in total. The summed E-state index contributed by atoms with van der Waals surface area (Å²) in [7, 11) is 1.68. The van der Waals surface area contributed by atoms with Crippen molar-refractivity contribution >= 4 is 17.2 Å². The Hall–Kier alpha value is -1.81. The highest BCUT2D eigenvalue weighted by molar-refractivity contribution is 7.14. The van der Waals surface area contributed by atoms with Gasteiger partial charge in [0.15, 0.2) is 0 Å². The molecular formula is C21H25NO2S. The summed E-state index contributed by atoms with van der Waals surface area (Å²) in [6.45, 7) is 2.99. The number of amides is 1. The van der Waals surface area contributed by atoms with Gasteiger partial charge in [0.05, 0.1) is 12.0 Å². The molecule has 1 atom stereocenters. The zero-order valence-electron chi connectivity index (χ0n) is 15.0. The third kappa shape index (κ3) is 3.59. The molecule has 25 heavy (non-hydrogen) atoms. The van der Waals surface area contributed by atoms with E-state index in [1.54, 1.807) is 18.4 Å². The number of carbonyl (C=O) groups excluding carboxylic acids is 1. The first-order valence-corrected chi connectivity index (χ1v) is 10.0. The molecule has 0 N–H and O–H groups in total. The van der Waals surface area contributed by atoms with Crippen LogP contribution in [-0.2, 0) is 19.4 Å². The fourth-order valence-corrected chi connectivity index (χ4v) is 4.80. The van der Waals surface area contributed by atoms with Gasteiger partial charge in [-0.3, -0.25) is 4.79 Å². The van der Waals surface area contributed by atoms with E-state index in [4.69, 9.17) is 4.74 Å². The minimum Gasteiger partial charge on any atom is -0.497 e. The summed E-state index contributed by atoms with van der Waals surface area (Å²) >= 11 is 1.72. The molecule has 4 rings (SSSR count). The largest absolute Gasteiger partial charge is 0.497 e. The van der Waals surface area contributed by atoms with Crippen molar-refractivity contribution in [2.24, 2.45) is 5.92 Å². The second kappa shape index (κ2) is 6.83. The summed E-state index contributed by atoms with van der Waals surface area (Å²) in [6.07, 6.45) is 5.77. The van der Waals surface area contributed by atoms with E-state index in [0.717, 1.165) is 47.8 Å². The van der Waals surface area contributed by atoms with E-state index in [0.29, 0.717) is 12.6 Å². The van der Waals surface area contributed by atoms with E-state index in [1.807, 2.05) is 12.1 Å². The van der Waals surface area contributed by atoms with Gasteiger partial charge in [-0.15, -0.1) is 11.3 Å². The lowest BCUT2D eigenvalue weighted by atomic mass is 9.90. The molecule has 0 aliphatic heterocycles. The number of hydrogen-bond donors (Lipinski definition) is 0. The van der Waals surface area contributed by atoms with Crippen LogP contribution >= 0.6 is 11.3 Å². The SMILES string of the molecule is COc1ccc(CN(C(=O)c2cc3c(s2)CCC(C)C3)C2CC2)cc1. The van der Waals surface area contributed by atoms with E-state index in [9.17, 15) is 4.79 Å². The Morgan fingerprint density at radius 1 is 1.24 bits per heavy atom. The number of thiophene rings is 1. The maximum atomic E-state index is 13.2. The summed E-state index contributed by atoms with van der Waals surface area (Å²) in [4.78, 5) is 17.6. The van der Waals surface area contributed by atoms with Crippen molar-refractivity contribution in [1.82, 2.24) is 4.90 Å². The Labute approximate surface area is 153 Å². The zero-order valence-corrected chi connectivity index (χ0v) is 15.8. The monoisotopic (exact) mass is 355 g/mol. The number of carbonyl (C=O) groups is 1. The zero-order chi connectivity index (χ0) is 17.4. The van der Waals surface area contributed by atoms with Gasteiger partial charge in [-0.05, 0) is 67.3 Å². The van der Waals surface area contributed by atoms with Crippen LogP contribution in [0.2, 0.25) is 0 Å². The van der Waals surface area contributed by atoms with Crippen LogP contribution in [0.15, 0.2) is 30.3 Å². The van der Waals surface area contributed by atoms with Gasteiger partial charge in [0.25, 0.3) is 5.91 Å². The van der Waals surface area contributed by atoms with Crippen molar-refractivity contribution in [2.45, 2.75) is 51.6 Å². The van der Waals surface area contributed by atoms with Crippen molar-refractivity contribution in [2.75, 3.05) is 7.11 Å². The van der Waals surface area contributed by atoms with E-state index in [1.165, 1.54) is 16.9 Å². The van der Waals surface area contributed by atoms with Crippen LogP contribution in [0.4, 0.5) is 0 Å². The average molecular weight is 356 g/mol. The van der Waals surface area contributed by atoms with Crippen LogP contribution in [0.25, 0.3) is 0 Å². The molecule has 4 heteroatoms. The summed E-state index contributed by atoms with van der Waals surface area (Å²) in [5.74, 6) is 1.81. The molecule has 1 fully saturated rings. The number of aryl methyl sites for hydroxylation is 1. The molecule has 2 aliphatic carbocycles. The lowest BCUT2D eigenvalue weighted by molar-refractivity contribution is 0.0735. The summed E-state index contributed by atoms with van der Waals surface area (Å²) in [5, 5.41) is 0. The van der Waals surface area contributed by atoms with E-state index >= 15 is 0 Å². The van der Waals surface area contributed by atoms with Crippen LogP contribution in [0, 0.1) is 5.92 Å². The maximum absolute atomic E-state index is 13.2.